The molecule has 0 fully saturated rings. The van der Waals surface area contributed by atoms with E-state index in [-0.39, 0.29) is 19.4 Å². The molecule has 0 radical (unpaired) electrons. The summed E-state index contributed by atoms with van der Waals surface area (Å²) in [5.41, 5.74) is 10.4. The highest BCUT2D eigenvalue weighted by atomic mass is 16.7. The van der Waals surface area contributed by atoms with Gasteiger partial charge in [0.1, 0.15) is 0 Å². The number of rotatable bonds is 10. The van der Waals surface area contributed by atoms with Gasteiger partial charge in [0.25, 0.3) is 0 Å². The topological polar surface area (TPSA) is 165 Å². The first kappa shape index (κ1) is 22.7. The van der Waals surface area contributed by atoms with Gasteiger partial charge in [0.15, 0.2) is 17.0 Å². The van der Waals surface area contributed by atoms with Crippen molar-refractivity contribution in [1.82, 2.24) is 4.90 Å². The largest absolute Gasteiger partial charge is 0.478 e. The van der Waals surface area contributed by atoms with Crippen LogP contribution in [0.4, 0.5) is 0 Å². The van der Waals surface area contributed by atoms with E-state index in [1.54, 1.807) is 60.7 Å². The van der Waals surface area contributed by atoms with E-state index in [1.165, 1.54) is 0 Å². The molecule has 10 heteroatoms. The van der Waals surface area contributed by atoms with Crippen LogP contribution < -0.4 is 11.5 Å². The third-order valence-electron chi connectivity index (χ3n) is 4.57. The maximum absolute atomic E-state index is 13.6. The third-order valence-corrected chi connectivity index (χ3v) is 4.57. The minimum Gasteiger partial charge on any atom is -0.478 e. The molecule has 0 unspecified atom stereocenters. The summed E-state index contributed by atoms with van der Waals surface area (Å²) in [6.07, 6.45) is 0.524. The molecule has 0 saturated heterocycles. The Balaban J connectivity index is 2.62. The molecule has 0 aromatic heterocycles. The maximum Gasteiger partial charge on any atom is 0.345 e. The van der Waals surface area contributed by atoms with Crippen molar-refractivity contribution in [2.75, 3.05) is 6.54 Å². The van der Waals surface area contributed by atoms with E-state index in [4.69, 9.17) is 11.5 Å². The van der Waals surface area contributed by atoms with Gasteiger partial charge in [-0.2, -0.15) is 0 Å². The smallest absolute Gasteiger partial charge is 0.345 e. The van der Waals surface area contributed by atoms with Crippen LogP contribution in [-0.4, -0.2) is 45.5 Å². The summed E-state index contributed by atoms with van der Waals surface area (Å²) < 4.78 is 0. The molecule has 0 aliphatic rings. The van der Waals surface area contributed by atoms with Gasteiger partial charge in [-0.05, 0) is 30.5 Å². The van der Waals surface area contributed by atoms with Gasteiger partial charge in [0, 0.05) is 0 Å². The Morgan fingerprint density at radius 2 is 1.63 bits per heavy atom. The lowest BCUT2D eigenvalue weighted by Crippen LogP contribution is -2.64. The van der Waals surface area contributed by atoms with Crippen molar-refractivity contribution in [3.63, 3.8) is 0 Å². The number of nitrogens with two attached hydrogens (primary N) is 2. The molecular weight excluding hydrogens is 390 g/mol. The zero-order valence-corrected chi connectivity index (χ0v) is 16.1. The Hall–Kier alpha value is -3.63. The second-order valence-electron chi connectivity index (χ2n) is 6.55. The van der Waals surface area contributed by atoms with Crippen LogP contribution in [0.5, 0.6) is 0 Å². The molecule has 0 bridgehead atoms. The molecule has 30 heavy (non-hydrogen) atoms. The molecule has 1 amide bonds. The van der Waals surface area contributed by atoms with Crippen LogP contribution in [0, 0.1) is 10.1 Å². The molecular formula is C20H23N5O5. The molecule has 0 spiro atoms. The lowest BCUT2D eigenvalue weighted by Gasteiger charge is -2.36. The molecule has 2 aromatic rings. The second-order valence-corrected chi connectivity index (χ2v) is 6.55. The van der Waals surface area contributed by atoms with Gasteiger partial charge in [-0.25, -0.2) is 14.9 Å². The van der Waals surface area contributed by atoms with E-state index in [0.717, 1.165) is 0 Å². The fourth-order valence-electron chi connectivity index (χ4n) is 3.06. The number of aliphatic carboxylic acids is 1. The van der Waals surface area contributed by atoms with E-state index in [9.17, 15) is 24.8 Å². The Labute approximate surface area is 172 Å². The Morgan fingerprint density at radius 3 is 2.03 bits per heavy atom. The normalized spacial score (nSPS) is 13.2. The fraction of sp³-hybridized carbons (Fsp3) is 0.250. The minimum absolute atomic E-state index is 0.126. The Bertz CT molecular complexity index is 867. The first-order valence-corrected chi connectivity index (χ1v) is 9.15. The second kappa shape index (κ2) is 10.2. The molecule has 2 rings (SSSR count). The number of nitrogens with zero attached hydrogens (tertiary/aromatic N) is 3. The number of hydrogen-bond donors (Lipinski definition) is 3. The molecule has 0 saturated carbocycles. The zero-order valence-electron chi connectivity index (χ0n) is 16.1. The fourth-order valence-corrected chi connectivity index (χ4v) is 3.06. The van der Waals surface area contributed by atoms with E-state index in [0.29, 0.717) is 22.4 Å². The van der Waals surface area contributed by atoms with Crippen LogP contribution in [0.3, 0.4) is 0 Å². The first-order chi connectivity index (χ1) is 14.3. The molecule has 5 N–H and O–H groups in total. The van der Waals surface area contributed by atoms with Gasteiger partial charge in [-0.15, -0.1) is 0 Å². The number of hydrogen-bond acceptors (Lipinski definition) is 6. The minimum atomic E-state index is -2.27. The Morgan fingerprint density at radius 1 is 1.13 bits per heavy atom. The Kier molecular flexibility index (Phi) is 7.73. The highest BCUT2D eigenvalue weighted by molar-refractivity contribution is 5.99. The summed E-state index contributed by atoms with van der Waals surface area (Å²) in [6.45, 7) is 0.126. The van der Waals surface area contributed by atoms with Gasteiger partial charge >= 0.3 is 5.97 Å². The van der Waals surface area contributed by atoms with Crippen molar-refractivity contribution in [1.29, 1.82) is 0 Å². The number of nitro groups is 1. The quantitative estimate of drug-likeness (QED) is 0.174. The SMILES string of the molecule is NCCC[C@@](N)(C(=O)O)N(C=N[N+](=O)[O-])C(=O)C(c1ccccc1)c1ccccc1. The zero-order chi connectivity index (χ0) is 22.1. The predicted molar refractivity (Wildman–Crippen MR) is 110 cm³/mol. The maximum atomic E-state index is 13.6. The van der Waals surface area contributed by atoms with E-state index >= 15 is 0 Å². The van der Waals surface area contributed by atoms with Crippen LogP contribution in [0.15, 0.2) is 65.8 Å². The number of benzene rings is 2. The van der Waals surface area contributed by atoms with Gasteiger partial charge in [-0.1, -0.05) is 60.7 Å². The predicted octanol–water partition coefficient (Wildman–Crippen LogP) is 1.35. The molecule has 0 aliphatic carbocycles. The molecule has 0 aliphatic heterocycles. The summed E-state index contributed by atoms with van der Waals surface area (Å²) in [6, 6.07) is 17.3. The van der Waals surface area contributed by atoms with Crippen LogP contribution in [0.1, 0.15) is 29.9 Å². The standard InChI is InChI=1S/C20H23N5O5/c21-13-7-12-20(22,19(27)28)24(14-23-25(29)30)18(26)17(15-8-3-1-4-9-15)16-10-5-2-6-11-16/h1-6,8-11,14,17H,7,12-13,21-22H2,(H,27,28)/t20-/m0/s1. The van der Waals surface area contributed by atoms with Crippen molar-refractivity contribution < 1.29 is 19.7 Å². The van der Waals surface area contributed by atoms with Gasteiger partial charge in [0.2, 0.25) is 5.91 Å². The lowest BCUT2D eigenvalue weighted by atomic mass is 9.88. The summed E-state index contributed by atoms with van der Waals surface area (Å²) >= 11 is 0. The monoisotopic (exact) mass is 413 g/mol. The number of carbonyl (C=O) groups is 2. The highest BCUT2D eigenvalue weighted by Crippen LogP contribution is 2.29. The molecule has 1 atom stereocenters. The van der Waals surface area contributed by atoms with Crippen molar-refractivity contribution >= 4 is 18.2 Å². The van der Waals surface area contributed by atoms with Crippen LogP contribution in [0.2, 0.25) is 0 Å². The molecule has 0 heterocycles. The number of carboxylic acids is 1. The van der Waals surface area contributed by atoms with Crippen molar-refractivity contribution in [2.24, 2.45) is 16.6 Å². The van der Waals surface area contributed by atoms with Gasteiger partial charge in [-0.3, -0.25) is 15.4 Å². The van der Waals surface area contributed by atoms with E-state index in [1.807, 2.05) is 0 Å². The van der Waals surface area contributed by atoms with Gasteiger partial charge < -0.3 is 10.8 Å². The van der Waals surface area contributed by atoms with E-state index < -0.39 is 28.5 Å². The summed E-state index contributed by atoms with van der Waals surface area (Å²) in [7, 11) is 0. The molecule has 2 aromatic carbocycles. The van der Waals surface area contributed by atoms with Crippen molar-refractivity contribution in [3.8, 4) is 0 Å². The summed E-state index contributed by atoms with van der Waals surface area (Å²) in [5, 5.41) is 22.5. The third kappa shape index (κ3) is 5.25. The number of carbonyl (C=O) groups excluding carboxylic acids is 1. The molecule has 158 valence electrons. The summed E-state index contributed by atoms with van der Waals surface area (Å²) in [5.74, 6) is -3.25. The summed E-state index contributed by atoms with van der Waals surface area (Å²) in [4.78, 5) is 37.1. The highest BCUT2D eigenvalue weighted by Gasteiger charge is 2.45. The first-order valence-electron chi connectivity index (χ1n) is 9.15. The van der Waals surface area contributed by atoms with Crippen LogP contribution in [0.25, 0.3) is 0 Å². The number of hydrazone groups is 1. The van der Waals surface area contributed by atoms with Crippen LogP contribution >= 0.6 is 0 Å². The van der Waals surface area contributed by atoms with Crippen molar-refractivity contribution in [2.45, 2.75) is 24.4 Å². The van der Waals surface area contributed by atoms with E-state index in [2.05, 4.69) is 5.10 Å². The number of amides is 1. The lowest BCUT2D eigenvalue weighted by molar-refractivity contribution is -0.484. The average Bonchev–Trinajstić information content (AvgIpc) is 2.73. The van der Waals surface area contributed by atoms with Gasteiger partial charge in [0.05, 0.1) is 11.0 Å². The number of carboxylic acid groups (broad SMARTS) is 1. The average molecular weight is 413 g/mol. The molecule has 10 nitrogen and oxygen atoms in total. The van der Waals surface area contributed by atoms with Crippen molar-refractivity contribution in [3.05, 3.63) is 81.9 Å². The van der Waals surface area contributed by atoms with Crippen LogP contribution in [-0.2, 0) is 9.59 Å².